The lowest BCUT2D eigenvalue weighted by molar-refractivity contribution is 0.474. The van der Waals surface area contributed by atoms with E-state index in [0.717, 1.165) is 33.5 Å². The molecule has 0 unspecified atom stereocenters. The molecule has 0 aliphatic carbocycles. The van der Waals surface area contributed by atoms with Gasteiger partial charge < -0.3 is 14.8 Å². The molecule has 0 aliphatic heterocycles. The number of para-hydroxylation sites is 2. The smallest absolute Gasteiger partial charge is 0.141 e. The van der Waals surface area contributed by atoms with E-state index in [0.29, 0.717) is 6.54 Å². The number of phenols is 2. The Kier molecular flexibility index (Phi) is 3.65. The first-order valence-electron chi connectivity index (χ1n) is 8.15. The van der Waals surface area contributed by atoms with Crippen molar-refractivity contribution in [2.24, 2.45) is 0 Å². The number of hydrogen-bond acceptors (Lipinski definition) is 3. The van der Waals surface area contributed by atoms with Crippen molar-refractivity contribution in [3.8, 4) is 22.9 Å². The SMILES string of the molecule is Cc1cc(O)ccc1Cn1c(-c2ccc(O)cc2)nc2ccccc21. The predicted octanol–water partition coefficient (Wildman–Crippen LogP) is 4.47. The van der Waals surface area contributed by atoms with Gasteiger partial charge in [0.05, 0.1) is 11.0 Å². The van der Waals surface area contributed by atoms with Crippen LogP contribution < -0.4 is 0 Å². The summed E-state index contributed by atoms with van der Waals surface area (Å²) in [6.45, 7) is 2.65. The Morgan fingerprint density at radius 2 is 1.60 bits per heavy atom. The van der Waals surface area contributed by atoms with Crippen LogP contribution in [0.4, 0.5) is 0 Å². The summed E-state index contributed by atoms with van der Waals surface area (Å²) in [6, 6.07) is 20.6. The molecular formula is C21H18N2O2. The Bertz CT molecular complexity index is 1050. The Balaban J connectivity index is 1.88. The topological polar surface area (TPSA) is 58.3 Å². The Hall–Kier alpha value is -3.27. The lowest BCUT2D eigenvalue weighted by atomic mass is 10.1. The summed E-state index contributed by atoms with van der Waals surface area (Å²) in [4.78, 5) is 4.79. The van der Waals surface area contributed by atoms with Crippen molar-refractivity contribution in [3.05, 3.63) is 77.9 Å². The summed E-state index contributed by atoms with van der Waals surface area (Å²) in [5, 5.41) is 19.2. The summed E-state index contributed by atoms with van der Waals surface area (Å²) >= 11 is 0. The minimum absolute atomic E-state index is 0.237. The first-order valence-corrected chi connectivity index (χ1v) is 8.15. The highest BCUT2D eigenvalue weighted by atomic mass is 16.3. The summed E-state index contributed by atoms with van der Waals surface area (Å²) in [6.07, 6.45) is 0. The Labute approximate surface area is 145 Å². The third kappa shape index (κ3) is 2.83. The molecule has 3 aromatic carbocycles. The average molecular weight is 330 g/mol. The highest BCUT2D eigenvalue weighted by molar-refractivity contribution is 5.80. The maximum atomic E-state index is 9.65. The highest BCUT2D eigenvalue weighted by Crippen LogP contribution is 2.28. The van der Waals surface area contributed by atoms with Crippen LogP contribution in [0.3, 0.4) is 0 Å². The quantitative estimate of drug-likeness (QED) is 0.582. The van der Waals surface area contributed by atoms with Gasteiger partial charge >= 0.3 is 0 Å². The monoisotopic (exact) mass is 330 g/mol. The zero-order chi connectivity index (χ0) is 17.4. The first-order chi connectivity index (χ1) is 12.1. The number of imidazole rings is 1. The van der Waals surface area contributed by atoms with E-state index in [9.17, 15) is 10.2 Å². The molecule has 124 valence electrons. The number of nitrogens with zero attached hydrogens (tertiary/aromatic N) is 2. The van der Waals surface area contributed by atoms with Crippen LogP contribution in [0.15, 0.2) is 66.7 Å². The van der Waals surface area contributed by atoms with Gasteiger partial charge in [-0.15, -0.1) is 0 Å². The molecule has 4 rings (SSSR count). The van der Waals surface area contributed by atoms with E-state index in [1.165, 1.54) is 0 Å². The van der Waals surface area contributed by atoms with Crippen molar-refractivity contribution in [2.75, 3.05) is 0 Å². The van der Waals surface area contributed by atoms with Crippen LogP contribution in [0.5, 0.6) is 11.5 Å². The van der Waals surface area contributed by atoms with Crippen molar-refractivity contribution < 1.29 is 10.2 Å². The molecule has 4 nitrogen and oxygen atoms in total. The number of aryl methyl sites for hydroxylation is 1. The summed E-state index contributed by atoms with van der Waals surface area (Å²) in [5.74, 6) is 1.37. The minimum Gasteiger partial charge on any atom is -0.508 e. The number of rotatable bonds is 3. The Morgan fingerprint density at radius 1 is 0.880 bits per heavy atom. The lowest BCUT2D eigenvalue weighted by Crippen LogP contribution is -2.03. The van der Waals surface area contributed by atoms with Gasteiger partial charge in [0.2, 0.25) is 0 Å². The van der Waals surface area contributed by atoms with Gasteiger partial charge in [0.25, 0.3) is 0 Å². The molecule has 1 aromatic heterocycles. The van der Waals surface area contributed by atoms with Crippen LogP contribution in [-0.2, 0) is 6.54 Å². The van der Waals surface area contributed by atoms with Gasteiger partial charge in [-0.25, -0.2) is 4.98 Å². The highest BCUT2D eigenvalue weighted by Gasteiger charge is 2.13. The first kappa shape index (κ1) is 15.3. The van der Waals surface area contributed by atoms with E-state index < -0.39 is 0 Å². The largest absolute Gasteiger partial charge is 0.508 e. The third-order valence-corrected chi connectivity index (χ3v) is 4.43. The van der Waals surface area contributed by atoms with Crippen molar-refractivity contribution in [3.63, 3.8) is 0 Å². The average Bonchev–Trinajstić information content (AvgIpc) is 2.97. The standard InChI is InChI=1S/C21H18N2O2/c1-14-12-18(25)11-8-16(14)13-23-20-5-3-2-4-19(20)22-21(23)15-6-9-17(24)10-7-15/h2-12,24-25H,13H2,1H3. The maximum Gasteiger partial charge on any atom is 0.141 e. The fourth-order valence-corrected chi connectivity index (χ4v) is 3.09. The molecule has 0 saturated carbocycles. The van der Waals surface area contributed by atoms with Crippen molar-refractivity contribution in [1.29, 1.82) is 0 Å². The number of hydrogen-bond donors (Lipinski definition) is 2. The van der Waals surface area contributed by atoms with Gasteiger partial charge in [-0.1, -0.05) is 18.2 Å². The maximum absolute atomic E-state index is 9.65. The van der Waals surface area contributed by atoms with Crippen LogP contribution >= 0.6 is 0 Å². The molecule has 0 amide bonds. The number of aromatic nitrogens is 2. The molecule has 0 atom stereocenters. The normalized spacial score (nSPS) is 11.1. The predicted molar refractivity (Wildman–Crippen MR) is 98.8 cm³/mol. The zero-order valence-corrected chi connectivity index (χ0v) is 13.8. The van der Waals surface area contributed by atoms with Crippen LogP contribution in [-0.4, -0.2) is 19.8 Å². The van der Waals surface area contributed by atoms with Gasteiger partial charge in [0, 0.05) is 12.1 Å². The third-order valence-electron chi connectivity index (χ3n) is 4.43. The van der Waals surface area contributed by atoms with Crippen molar-refractivity contribution >= 4 is 11.0 Å². The van der Waals surface area contributed by atoms with Crippen LogP contribution in [0.1, 0.15) is 11.1 Å². The summed E-state index contributed by atoms with van der Waals surface area (Å²) < 4.78 is 2.17. The molecule has 0 spiro atoms. The number of benzene rings is 3. The van der Waals surface area contributed by atoms with E-state index >= 15 is 0 Å². The van der Waals surface area contributed by atoms with E-state index in [2.05, 4.69) is 10.6 Å². The second kappa shape index (κ2) is 5.98. The number of aromatic hydroxyl groups is 2. The molecular weight excluding hydrogens is 312 g/mol. The number of phenolic OH excluding ortho intramolecular Hbond substituents is 2. The van der Waals surface area contributed by atoms with Gasteiger partial charge in [-0.3, -0.25) is 0 Å². The van der Waals surface area contributed by atoms with E-state index in [4.69, 9.17) is 4.98 Å². The van der Waals surface area contributed by atoms with Gasteiger partial charge in [-0.2, -0.15) is 0 Å². The van der Waals surface area contributed by atoms with Crippen molar-refractivity contribution in [1.82, 2.24) is 9.55 Å². The van der Waals surface area contributed by atoms with E-state index in [1.807, 2.05) is 43.3 Å². The summed E-state index contributed by atoms with van der Waals surface area (Å²) in [5.41, 5.74) is 5.10. The summed E-state index contributed by atoms with van der Waals surface area (Å²) in [7, 11) is 0. The van der Waals surface area contributed by atoms with E-state index in [1.54, 1.807) is 24.3 Å². The van der Waals surface area contributed by atoms with Gasteiger partial charge in [0.15, 0.2) is 0 Å². The van der Waals surface area contributed by atoms with Crippen LogP contribution in [0.25, 0.3) is 22.4 Å². The molecule has 0 fully saturated rings. The lowest BCUT2D eigenvalue weighted by Gasteiger charge is -2.12. The van der Waals surface area contributed by atoms with Crippen molar-refractivity contribution in [2.45, 2.75) is 13.5 Å². The van der Waals surface area contributed by atoms with E-state index in [-0.39, 0.29) is 11.5 Å². The molecule has 1 heterocycles. The Morgan fingerprint density at radius 3 is 2.36 bits per heavy atom. The molecule has 4 aromatic rings. The second-order valence-electron chi connectivity index (χ2n) is 6.17. The fourth-order valence-electron chi connectivity index (χ4n) is 3.09. The van der Waals surface area contributed by atoms with Crippen LogP contribution in [0.2, 0.25) is 0 Å². The number of fused-ring (bicyclic) bond motifs is 1. The van der Waals surface area contributed by atoms with Gasteiger partial charge in [0.1, 0.15) is 17.3 Å². The molecule has 0 radical (unpaired) electrons. The molecule has 2 N–H and O–H groups in total. The molecule has 25 heavy (non-hydrogen) atoms. The molecule has 0 saturated heterocycles. The zero-order valence-electron chi connectivity index (χ0n) is 13.8. The van der Waals surface area contributed by atoms with Gasteiger partial charge in [-0.05, 0) is 66.6 Å². The minimum atomic E-state index is 0.237. The fraction of sp³-hybridized carbons (Fsp3) is 0.0952. The second-order valence-corrected chi connectivity index (χ2v) is 6.17. The van der Waals surface area contributed by atoms with Crippen LogP contribution in [0, 0.1) is 6.92 Å². The molecule has 0 bridgehead atoms. The molecule has 0 aliphatic rings. The molecule has 4 heteroatoms.